The molecule has 1 amide bonds. The van der Waals surface area contributed by atoms with Gasteiger partial charge in [-0.05, 0) is 56.1 Å². The van der Waals surface area contributed by atoms with E-state index in [0.717, 1.165) is 36.9 Å². The van der Waals surface area contributed by atoms with Crippen LogP contribution in [0.3, 0.4) is 0 Å². The average molecular weight is 365 g/mol. The van der Waals surface area contributed by atoms with Gasteiger partial charge in [-0.3, -0.25) is 4.79 Å². The highest BCUT2D eigenvalue weighted by Crippen LogP contribution is 2.24. The Hall–Kier alpha value is -2.18. The molecular weight excluding hydrogens is 340 g/mol. The quantitative estimate of drug-likeness (QED) is 0.659. The Morgan fingerprint density at radius 3 is 2.56 bits per heavy atom. The van der Waals surface area contributed by atoms with E-state index in [-0.39, 0.29) is 18.3 Å². The number of carbonyl (C=O) groups is 1. The van der Waals surface area contributed by atoms with Crippen molar-refractivity contribution in [2.24, 2.45) is 5.73 Å². The number of ether oxygens (including phenoxy) is 1. The molecule has 0 fully saturated rings. The molecule has 25 heavy (non-hydrogen) atoms. The fourth-order valence-corrected chi connectivity index (χ4v) is 2.28. The average Bonchev–Trinajstić information content (AvgIpc) is 2.58. The number of aromatic nitrogens is 2. The molecule has 1 aromatic heterocycles. The number of aryl methyl sites for hydroxylation is 1. The van der Waals surface area contributed by atoms with E-state index in [0.29, 0.717) is 24.7 Å². The number of rotatable bonds is 9. The minimum atomic E-state index is 0. The molecule has 2 aromatic rings. The van der Waals surface area contributed by atoms with Crippen LogP contribution < -0.4 is 15.8 Å². The number of hydrogen-bond donors (Lipinski definition) is 2. The molecule has 1 heterocycles. The fraction of sp³-hybridized carbons (Fsp3) is 0.389. The number of anilines is 1. The second kappa shape index (κ2) is 11.4. The number of unbranched alkanes of at least 4 members (excludes halogenated alkanes) is 3. The molecular formula is C18H25ClN4O2. The summed E-state index contributed by atoms with van der Waals surface area (Å²) in [4.78, 5) is 20.0. The van der Waals surface area contributed by atoms with Crippen molar-refractivity contribution in [3.8, 4) is 11.8 Å². The molecule has 0 unspecified atom stereocenters. The smallest absolute Gasteiger partial charge is 0.321 e. The van der Waals surface area contributed by atoms with Gasteiger partial charge in [0.15, 0.2) is 0 Å². The van der Waals surface area contributed by atoms with E-state index in [1.165, 1.54) is 0 Å². The van der Waals surface area contributed by atoms with Gasteiger partial charge in [0.25, 0.3) is 0 Å². The summed E-state index contributed by atoms with van der Waals surface area (Å²) in [5.41, 5.74) is 7.18. The van der Waals surface area contributed by atoms with Gasteiger partial charge >= 0.3 is 6.01 Å². The van der Waals surface area contributed by atoms with Crippen LogP contribution in [0.2, 0.25) is 0 Å². The number of hydrogen-bond acceptors (Lipinski definition) is 5. The number of nitrogens with one attached hydrogen (secondary N) is 1. The number of nitrogens with zero attached hydrogens (tertiary/aromatic N) is 2. The molecule has 0 aliphatic carbocycles. The molecule has 0 aliphatic heterocycles. The molecule has 3 N–H and O–H groups in total. The standard InChI is InChI=1S/C18H24N4O2.ClH/c1-14-13-15(24-18-20-11-6-12-21-18)8-9-16(14)22-17(23)7-4-2-3-5-10-19;/h6,8-9,11-13H,2-5,7,10,19H2,1H3,(H,22,23);1H. The second-order valence-corrected chi connectivity index (χ2v) is 5.61. The van der Waals surface area contributed by atoms with E-state index < -0.39 is 0 Å². The largest absolute Gasteiger partial charge is 0.424 e. The molecule has 0 atom stereocenters. The predicted molar refractivity (Wildman–Crippen MR) is 101 cm³/mol. The maximum atomic E-state index is 12.0. The van der Waals surface area contributed by atoms with E-state index in [2.05, 4.69) is 15.3 Å². The zero-order chi connectivity index (χ0) is 17.2. The predicted octanol–water partition coefficient (Wildman–Crippen LogP) is 3.85. The van der Waals surface area contributed by atoms with Crippen molar-refractivity contribution < 1.29 is 9.53 Å². The first-order valence-electron chi connectivity index (χ1n) is 8.24. The molecule has 7 heteroatoms. The van der Waals surface area contributed by atoms with Crippen LogP contribution >= 0.6 is 12.4 Å². The van der Waals surface area contributed by atoms with Crippen molar-refractivity contribution in [3.63, 3.8) is 0 Å². The Morgan fingerprint density at radius 2 is 1.88 bits per heavy atom. The Bertz CT molecular complexity index is 653. The van der Waals surface area contributed by atoms with Crippen LogP contribution in [0.5, 0.6) is 11.8 Å². The third-order valence-electron chi connectivity index (χ3n) is 3.58. The Labute approximate surface area is 154 Å². The Morgan fingerprint density at radius 1 is 1.16 bits per heavy atom. The number of nitrogens with two attached hydrogens (primary N) is 1. The minimum absolute atomic E-state index is 0. The van der Waals surface area contributed by atoms with Crippen LogP contribution in [0.15, 0.2) is 36.7 Å². The summed E-state index contributed by atoms with van der Waals surface area (Å²) in [7, 11) is 0. The molecule has 0 saturated carbocycles. The van der Waals surface area contributed by atoms with Crippen LogP contribution in [0, 0.1) is 6.92 Å². The highest BCUT2D eigenvalue weighted by molar-refractivity contribution is 5.91. The summed E-state index contributed by atoms with van der Waals surface area (Å²) in [6, 6.07) is 7.51. The van der Waals surface area contributed by atoms with Crippen molar-refractivity contribution in [1.29, 1.82) is 0 Å². The number of halogens is 1. The topological polar surface area (TPSA) is 90.1 Å². The SMILES string of the molecule is Cc1cc(Oc2ncccn2)ccc1NC(=O)CCCCCCN.Cl. The summed E-state index contributed by atoms with van der Waals surface area (Å²) in [5.74, 6) is 0.671. The van der Waals surface area contributed by atoms with Crippen LogP contribution in [0.1, 0.15) is 37.7 Å². The van der Waals surface area contributed by atoms with E-state index in [4.69, 9.17) is 10.5 Å². The van der Waals surface area contributed by atoms with Gasteiger partial charge in [0.2, 0.25) is 5.91 Å². The molecule has 0 radical (unpaired) electrons. The van der Waals surface area contributed by atoms with E-state index in [1.807, 2.05) is 19.1 Å². The summed E-state index contributed by atoms with van der Waals surface area (Å²) < 4.78 is 5.58. The lowest BCUT2D eigenvalue weighted by Gasteiger charge is -2.10. The Balaban J connectivity index is 0.00000312. The van der Waals surface area contributed by atoms with Crippen LogP contribution in [0.4, 0.5) is 5.69 Å². The number of amides is 1. The fourth-order valence-electron chi connectivity index (χ4n) is 2.28. The van der Waals surface area contributed by atoms with Crippen molar-refractivity contribution >= 4 is 24.0 Å². The van der Waals surface area contributed by atoms with Gasteiger partial charge in [0, 0.05) is 24.5 Å². The van der Waals surface area contributed by atoms with Gasteiger partial charge in [0.1, 0.15) is 5.75 Å². The molecule has 0 saturated heterocycles. The van der Waals surface area contributed by atoms with Crippen molar-refractivity contribution in [2.75, 3.05) is 11.9 Å². The lowest BCUT2D eigenvalue weighted by atomic mass is 10.1. The third-order valence-corrected chi connectivity index (χ3v) is 3.58. The zero-order valence-electron chi connectivity index (χ0n) is 14.4. The molecule has 6 nitrogen and oxygen atoms in total. The van der Waals surface area contributed by atoms with Gasteiger partial charge in [-0.1, -0.05) is 12.8 Å². The van der Waals surface area contributed by atoms with Crippen molar-refractivity contribution in [3.05, 3.63) is 42.2 Å². The lowest BCUT2D eigenvalue weighted by Crippen LogP contribution is -2.12. The van der Waals surface area contributed by atoms with Crippen LogP contribution in [-0.4, -0.2) is 22.4 Å². The molecule has 136 valence electrons. The summed E-state index contributed by atoms with van der Waals surface area (Å²) in [5, 5.41) is 2.94. The van der Waals surface area contributed by atoms with E-state index in [9.17, 15) is 4.79 Å². The minimum Gasteiger partial charge on any atom is -0.424 e. The maximum absolute atomic E-state index is 12.0. The number of benzene rings is 1. The van der Waals surface area contributed by atoms with Crippen molar-refractivity contribution in [1.82, 2.24) is 9.97 Å². The molecule has 0 spiro atoms. The van der Waals surface area contributed by atoms with Gasteiger partial charge in [-0.2, -0.15) is 0 Å². The van der Waals surface area contributed by atoms with Crippen LogP contribution in [-0.2, 0) is 4.79 Å². The first-order chi connectivity index (χ1) is 11.7. The summed E-state index contributed by atoms with van der Waals surface area (Å²) >= 11 is 0. The normalized spacial score (nSPS) is 10.0. The maximum Gasteiger partial charge on any atom is 0.321 e. The number of carbonyl (C=O) groups excluding carboxylic acids is 1. The van der Waals surface area contributed by atoms with Gasteiger partial charge in [-0.15, -0.1) is 12.4 Å². The highest BCUT2D eigenvalue weighted by atomic mass is 35.5. The van der Waals surface area contributed by atoms with Crippen LogP contribution in [0.25, 0.3) is 0 Å². The van der Waals surface area contributed by atoms with Crippen molar-refractivity contribution in [2.45, 2.75) is 39.0 Å². The van der Waals surface area contributed by atoms with Gasteiger partial charge < -0.3 is 15.8 Å². The highest BCUT2D eigenvalue weighted by Gasteiger charge is 2.07. The van der Waals surface area contributed by atoms with Gasteiger partial charge in [-0.25, -0.2) is 9.97 Å². The molecule has 0 aliphatic rings. The summed E-state index contributed by atoms with van der Waals surface area (Å²) in [6.07, 6.45) is 7.79. The van der Waals surface area contributed by atoms with E-state index >= 15 is 0 Å². The van der Waals surface area contributed by atoms with E-state index in [1.54, 1.807) is 24.5 Å². The second-order valence-electron chi connectivity index (χ2n) is 5.61. The lowest BCUT2D eigenvalue weighted by molar-refractivity contribution is -0.116. The molecule has 1 aromatic carbocycles. The zero-order valence-corrected chi connectivity index (χ0v) is 15.2. The van der Waals surface area contributed by atoms with Gasteiger partial charge in [0.05, 0.1) is 0 Å². The first kappa shape index (κ1) is 20.9. The Kier molecular flexibility index (Phi) is 9.50. The third kappa shape index (κ3) is 7.49. The first-order valence-corrected chi connectivity index (χ1v) is 8.24. The monoisotopic (exact) mass is 364 g/mol. The molecule has 2 rings (SSSR count). The summed E-state index contributed by atoms with van der Waals surface area (Å²) in [6.45, 7) is 2.64. The molecule has 0 bridgehead atoms.